The molecule has 2 N–H and O–H groups in total. The summed E-state index contributed by atoms with van der Waals surface area (Å²) in [6.45, 7) is 4.67. The van der Waals surface area contributed by atoms with Gasteiger partial charge in [0.15, 0.2) is 0 Å². The van der Waals surface area contributed by atoms with Crippen LogP contribution in [0.5, 0.6) is 5.75 Å². The van der Waals surface area contributed by atoms with E-state index in [-0.39, 0.29) is 11.3 Å². The number of carbonyl (C=O) groups is 1. The molecule has 0 saturated heterocycles. The minimum atomic E-state index is -0.615. The Morgan fingerprint density at radius 2 is 1.72 bits per heavy atom. The molecule has 3 aromatic rings. The zero-order chi connectivity index (χ0) is 23.1. The van der Waals surface area contributed by atoms with Gasteiger partial charge in [0.1, 0.15) is 11.3 Å². The predicted octanol–water partition coefficient (Wildman–Crippen LogP) is 6.78. The Hall–Kier alpha value is -2.60. The largest absolute Gasteiger partial charge is 0.506 e. The number of fused-ring (bicyclic) bond motifs is 1. The number of hydrogen-bond acceptors (Lipinski definition) is 3. The Bertz CT molecular complexity index is 1150. The van der Waals surface area contributed by atoms with Crippen LogP contribution in [0.3, 0.4) is 0 Å². The third-order valence-corrected chi connectivity index (χ3v) is 6.39. The SMILES string of the molecule is CCCCCCCCCn1c(=O)c(C(=O)Nc2ccc(C)cc2Br)c(O)c2ccccc21. The Morgan fingerprint density at radius 1 is 1.03 bits per heavy atom. The summed E-state index contributed by atoms with van der Waals surface area (Å²) in [4.78, 5) is 26.4. The van der Waals surface area contributed by atoms with E-state index >= 15 is 0 Å². The third kappa shape index (κ3) is 5.60. The fraction of sp³-hybridized carbons (Fsp3) is 0.385. The van der Waals surface area contributed by atoms with Gasteiger partial charge in [-0.3, -0.25) is 9.59 Å². The normalized spacial score (nSPS) is 11.1. The summed E-state index contributed by atoms with van der Waals surface area (Å²) in [5.41, 5.74) is 1.55. The van der Waals surface area contributed by atoms with Crippen LogP contribution in [-0.2, 0) is 6.54 Å². The van der Waals surface area contributed by atoms with E-state index in [4.69, 9.17) is 0 Å². The summed E-state index contributed by atoms with van der Waals surface area (Å²) in [6, 6.07) is 12.7. The van der Waals surface area contributed by atoms with E-state index in [1.54, 1.807) is 22.8 Å². The molecule has 1 amide bonds. The second-order valence-corrected chi connectivity index (χ2v) is 9.11. The van der Waals surface area contributed by atoms with Gasteiger partial charge in [0.25, 0.3) is 11.5 Å². The van der Waals surface area contributed by atoms with Gasteiger partial charge in [-0.25, -0.2) is 0 Å². The maximum Gasteiger partial charge on any atom is 0.267 e. The molecule has 0 aliphatic carbocycles. The van der Waals surface area contributed by atoms with E-state index in [1.807, 2.05) is 31.2 Å². The zero-order valence-corrected chi connectivity index (χ0v) is 20.4. The molecule has 0 bridgehead atoms. The van der Waals surface area contributed by atoms with Crippen molar-refractivity contribution in [1.82, 2.24) is 4.57 Å². The molecular weight excluding hydrogens is 468 g/mol. The minimum absolute atomic E-state index is 0.223. The van der Waals surface area contributed by atoms with Gasteiger partial charge in [-0.2, -0.15) is 0 Å². The van der Waals surface area contributed by atoms with Crippen molar-refractivity contribution in [2.45, 2.75) is 65.3 Å². The summed E-state index contributed by atoms with van der Waals surface area (Å²) in [5.74, 6) is -0.890. The highest BCUT2D eigenvalue weighted by Gasteiger charge is 2.22. The number of aromatic nitrogens is 1. The maximum absolute atomic E-state index is 13.3. The summed E-state index contributed by atoms with van der Waals surface area (Å²) < 4.78 is 2.34. The van der Waals surface area contributed by atoms with E-state index in [2.05, 4.69) is 28.2 Å². The van der Waals surface area contributed by atoms with Crippen LogP contribution in [0.25, 0.3) is 10.9 Å². The van der Waals surface area contributed by atoms with Crippen LogP contribution in [0.4, 0.5) is 5.69 Å². The number of nitrogens with zero attached hydrogens (tertiary/aromatic N) is 1. The molecule has 0 aliphatic rings. The van der Waals surface area contributed by atoms with Gasteiger partial charge in [-0.05, 0) is 59.1 Å². The smallest absolute Gasteiger partial charge is 0.267 e. The Balaban J connectivity index is 1.88. The van der Waals surface area contributed by atoms with E-state index in [0.29, 0.717) is 23.1 Å². The quantitative estimate of drug-likeness (QED) is 0.302. The lowest BCUT2D eigenvalue weighted by Crippen LogP contribution is -2.30. The van der Waals surface area contributed by atoms with Crippen LogP contribution in [0.2, 0.25) is 0 Å². The summed E-state index contributed by atoms with van der Waals surface area (Å²) in [6.07, 6.45) is 7.96. The van der Waals surface area contributed by atoms with Crippen LogP contribution >= 0.6 is 15.9 Å². The number of para-hydroxylation sites is 1. The zero-order valence-electron chi connectivity index (χ0n) is 18.8. The van der Waals surface area contributed by atoms with Gasteiger partial charge in [-0.15, -0.1) is 0 Å². The fourth-order valence-corrected chi connectivity index (χ4v) is 4.54. The highest BCUT2D eigenvalue weighted by molar-refractivity contribution is 9.10. The van der Waals surface area contributed by atoms with E-state index in [9.17, 15) is 14.7 Å². The number of pyridine rings is 1. The molecule has 0 spiro atoms. The van der Waals surface area contributed by atoms with Crippen LogP contribution < -0.4 is 10.9 Å². The molecule has 6 heteroatoms. The van der Waals surface area contributed by atoms with E-state index in [0.717, 1.165) is 29.3 Å². The molecule has 1 heterocycles. The van der Waals surface area contributed by atoms with Crippen LogP contribution in [0.1, 0.15) is 67.8 Å². The number of unbranched alkanes of at least 4 members (excludes halogenated alkanes) is 6. The summed E-state index contributed by atoms with van der Waals surface area (Å²) in [5, 5.41) is 14.1. The monoisotopic (exact) mass is 498 g/mol. The second-order valence-electron chi connectivity index (χ2n) is 8.26. The van der Waals surface area contributed by atoms with Crippen LogP contribution in [-0.4, -0.2) is 15.6 Å². The number of aryl methyl sites for hydroxylation is 2. The highest BCUT2D eigenvalue weighted by Crippen LogP contribution is 2.29. The molecule has 32 heavy (non-hydrogen) atoms. The molecule has 1 aromatic heterocycles. The maximum atomic E-state index is 13.3. The predicted molar refractivity (Wildman–Crippen MR) is 135 cm³/mol. The lowest BCUT2D eigenvalue weighted by atomic mass is 10.1. The van der Waals surface area contributed by atoms with E-state index in [1.165, 1.54) is 25.7 Å². The van der Waals surface area contributed by atoms with Crippen molar-refractivity contribution in [2.75, 3.05) is 5.32 Å². The number of carbonyl (C=O) groups excluding carboxylic acids is 1. The van der Waals surface area contributed by atoms with Crippen molar-refractivity contribution >= 4 is 38.4 Å². The standard InChI is InChI=1S/C26H31BrN2O3/c1-3-4-5-6-7-8-11-16-29-22-13-10-9-12-19(22)24(30)23(26(29)32)25(31)28-21-15-14-18(2)17-20(21)27/h9-10,12-15,17,30H,3-8,11,16H2,1-2H3,(H,28,31). The van der Waals surface area contributed by atoms with Gasteiger partial charge in [0.05, 0.1) is 11.2 Å². The highest BCUT2D eigenvalue weighted by atomic mass is 79.9. The number of anilines is 1. The lowest BCUT2D eigenvalue weighted by Gasteiger charge is -2.15. The first kappa shape index (κ1) is 24.1. The number of rotatable bonds is 10. The number of hydrogen-bond donors (Lipinski definition) is 2. The molecule has 0 fully saturated rings. The minimum Gasteiger partial charge on any atom is -0.506 e. The first-order valence-corrected chi connectivity index (χ1v) is 12.1. The van der Waals surface area contributed by atoms with Crippen molar-refractivity contribution in [3.05, 3.63) is 68.4 Å². The first-order chi connectivity index (χ1) is 15.4. The van der Waals surface area contributed by atoms with Crippen LogP contribution in [0.15, 0.2) is 51.7 Å². The Kier molecular flexibility index (Phi) is 8.51. The van der Waals surface area contributed by atoms with E-state index < -0.39 is 11.5 Å². The number of amides is 1. The molecule has 0 aliphatic heterocycles. The third-order valence-electron chi connectivity index (χ3n) is 5.73. The average Bonchev–Trinajstić information content (AvgIpc) is 2.77. The van der Waals surface area contributed by atoms with Crippen molar-refractivity contribution in [3.63, 3.8) is 0 Å². The molecule has 5 nitrogen and oxygen atoms in total. The van der Waals surface area contributed by atoms with Gasteiger partial charge in [-0.1, -0.05) is 63.6 Å². The molecule has 170 valence electrons. The molecule has 0 saturated carbocycles. The second kappa shape index (κ2) is 11.3. The van der Waals surface area contributed by atoms with Crippen molar-refractivity contribution < 1.29 is 9.90 Å². The average molecular weight is 499 g/mol. The number of benzene rings is 2. The molecule has 0 atom stereocenters. The van der Waals surface area contributed by atoms with Gasteiger partial charge >= 0.3 is 0 Å². The Labute approximate surface area is 197 Å². The fourth-order valence-electron chi connectivity index (χ4n) is 3.95. The molecule has 2 aromatic carbocycles. The number of halogens is 1. The Morgan fingerprint density at radius 3 is 2.44 bits per heavy atom. The van der Waals surface area contributed by atoms with Crippen molar-refractivity contribution in [1.29, 1.82) is 0 Å². The summed E-state index contributed by atoms with van der Waals surface area (Å²) in [7, 11) is 0. The van der Waals surface area contributed by atoms with Gasteiger partial charge < -0.3 is 15.0 Å². The topological polar surface area (TPSA) is 71.3 Å². The molecule has 0 unspecified atom stereocenters. The number of nitrogens with one attached hydrogen (secondary N) is 1. The molecular formula is C26H31BrN2O3. The first-order valence-electron chi connectivity index (χ1n) is 11.4. The van der Waals surface area contributed by atoms with Gasteiger partial charge in [0, 0.05) is 16.4 Å². The number of aromatic hydroxyl groups is 1. The molecule has 3 rings (SSSR count). The van der Waals surface area contributed by atoms with Crippen LogP contribution in [0, 0.1) is 6.92 Å². The lowest BCUT2D eigenvalue weighted by molar-refractivity contribution is 0.102. The van der Waals surface area contributed by atoms with Gasteiger partial charge in [0.2, 0.25) is 0 Å². The van der Waals surface area contributed by atoms with Crippen molar-refractivity contribution in [2.24, 2.45) is 0 Å². The summed E-state index contributed by atoms with van der Waals surface area (Å²) >= 11 is 3.44. The van der Waals surface area contributed by atoms with Crippen molar-refractivity contribution in [3.8, 4) is 5.75 Å². The molecule has 0 radical (unpaired) electrons.